The molecule has 2 saturated heterocycles. The summed E-state index contributed by atoms with van der Waals surface area (Å²) in [6, 6.07) is 23.2. The number of nitrogens with zero attached hydrogens (tertiary/aromatic N) is 4. The van der Waals surface area contributed by atoms with Crippen molar-refractivity contribution in [2.75, 3.05) is 22.9 Å². The molecule has 0 spiro atoms. The number of hydrogen-bond acceptors (Lipinski definition) is 3. The maximum absolute atomic E-state index is 6.98. The number of halogens is 1. The standard InChI is InChI=1S/C33H36ClN5S/c1-21-13-16-37(17-14-21)30-12-11-26(20-28(30)34)39-32(31(36-33(39)40)29-10-5-6-15-35-29)27-19-23(3)38(24(27)4)25-9-7-8-22(2)18-25/h5-12,15,18-21,31-32H,13-14,16-17H2,1-4H3,(H,36,40). The third-order valence-electron chi connectivity index (χ3n) is 8.48. The smallest absolute Gasteiger partial charge is 0.174 e. The molecule has 2 unspecified atom stereocenters. The van der Waals surface area contributed by atoms with E-state index < -0.39 is 0 Å². The predicted octanol–water partition coefficient (Wildman–Crippen LogP) is 7.86. The monoisotopic (exact) mass is 569 g/mol. The molecule has 4 aromatic rings. The molecule has 40 heavy (non-hydrogen) atoms. The summed E-state index contributed by atoms with van der Waals surface area (Å²) in [5.41, 5.74) is 9.04. The van der Waals surface area contributed by atoms with Gasteiger partial charge in [0.15, 0.2) is 5.11 Å². The van der Waals surface area contributed by atoms with Crippen molar-refractivity contribution < 1.29 is 0 Å². The van der Waals surface area contributed by atoms with E-state index in [2.05, 4.69) is 102 Å². The van der Waals surface area contributed by atoms with Gasteiger partial charge in [-0.15, -0.1) is 0 Å². The van der Waals surface area contributed by atoms with Gasteiger partial charge in [-0.25, -0.2) is 0 Å². The summed E-state index contributed by atoms with van der Waals surface area (Å²) >= 11 is 13.0. The summed E-state index contributed by atoms with van der Waals surface area (Å²) < 4.78 is 2.34. The molecule has 0 amide bonds. The van der Waals surface area contributed by atoms with Gasteiger partial charge in [0.25, 0.3) is 0 Å². The summed E-state index contributed by atoms with van der Waals surface area (Å²) in [6.45, 7) is 10.9. The lowest BCUT2D eigenvalue weighted by Crippen LogP contribution is -2.33. The minimum absolute atomic E-state index is 0.0927. The lowest BCUT2D eigenvalue weighted by molar-refractivity contribution is 0.438. The van der Waals surface area contributed by atoms with Gasteiger partial charge in [-0.1, -0.05) is 36.7 Å². The molecule has 2 atom stereocenters. The molecule has 5 nitrogen and oxygen atoms in total. The number of nitrogens with one attached hydrogen (secondary N) is 1. The van der Waals surface area contributed by atoms with Crippen molar-refractivity contribution in [2.45, 2.75) is 52.6 Å². The average molecular weight is 570 g/mol. The molecule has 6 rings (SSSR count). The topological polar surface area (TPSA) is 36.3 Å². The second-order valence-electron chi connectivity index (χ2n) is 11.3. The first-order valence-corrected chi connectivity index (χ1v) is 14.9. The molecule has 0 saturated carbocycles. The van der Waals surface area contributed by atoms with Crippen LogP contribution in [0.4, 0.5) is 11.4 Å². The van der Waals surface area contributed by atoms with Crippen LogP contribution in [0.3, 0.4) is 0 Å². The van der Waals surface area contributed by atoms with Crippen LogP contribution in [0.1, 0.15) is 60.1 Å². The fourth-order valence-corrected chi connectivity index (χ4v) is 6.99. The summed E-state index contributed by atoms with van der Waals surface area (Å²) in [5, 5.41) is 5.05. The molecule has 0 radical (unpaired) electrons. The van der Waals surface area contributed by atoms with Gasteiger partial charge in [-0.3, -0.25) is 4.98 Å². The highest BCUT2D eigenvalue weighted by Crippen LogP contribution is 2.45. The van der Waals surface area contributed by atoms with Gasteiger partial charge in [0.2, 0.25) is 0 Å². The van der Waals surface area contributed by atoms with Gasteiger partial charge in [0.05, 0.1) is 28.5 Å². The van der Waals surface area contributed by atoms with E-state index in [9.17, 15) is 0 Å². The maximum Gasteiger partial charge on any atom is 0.174 e. The number of pyridine rings is 1. The first kappa shape index (κ1) is 26.9. The van der Waals surface area contributed by atoms with Gasteiger partial charge >= 0.3 is 0 Å². The molecule has 2 aromatic carbocycles. The lowest BCUT2D eigenvalue weighted by Gasteiger charge is -2.33. The van der Waals surface area contributed by atoms with Crippen LogP contribution in [-0.4, -0.2) is 27.8 Å². The number of hydrogen-bond donors (Lipinski definition) is 1. The van der Waals surface area contributed by atoms with Crippen molar-refractivity contribution in [3.05, 3.63) is 106 Å². The predicted molar refractivity (Wildman–Crippen MR) is 170 cm³/mol. The molecule has 2 aliphatic rings. The third-order valence-corrected chi connectivity index (χ3v) is 9.10. The highest BCUT2D eigenvalue weighted by molar-refractivity contribution is 7.80. The van der Waals surface area contributed by atoms with E-state index in [-0.39, 0.29) is 12.1 Å². The van der Waals surface area contributed by atoms with Crippen molar-refractivity contribution in [3.63, 3.8) is 0 Å². The van der Waals surface area contributed by atoms with Crippen LogP contribution in [0.15, 0.2) is 72.9 Å². The van der Waals surface area contributed by atoms with Gasteiger partial charge in [0, 0.05) is 42.0 Å². The van der Waals surface area contributed by atoms with Crippen LogP contribution in [0, 0.1) is 26.7 Å². The highest BCUT2D eigenvalue weighted by Gasteiger charge is 2.42. The molecule has 2 fully saturated rings. The van der Waals surface area contributed by atoms with Crippen molar-refractivity contribution in [3.8, 4) is 5.69 Å². The second-order valence-corrected chi connectivity index (χ2v) is 12.1. The molecular weight excluding hydrogens is 534 g/mol. The Morgan fingerprint density at radius 3 is 2.42 bits per heavy atom. The van der Waals surface area contributed by atoms with Gasteiger partial charge in [-0.05, 0) is 111 Å². The quantitative estimate of drug-likeness (QED) is 0.247. The zero-order valence-corrected chi connectivity index (χ0v) is 25.1. The number of thiocarbonyl (C=S) groups is 1. The van der Waals surface area contributed by atoms with E-state index in [4.69, 9.17) is 28.8 Å². The fourth-order valence-electron chi connectivity index (χ4n) is 6.35. The molecule has 206 valence electrons. The zero-order chi connectivity index (χ0) is 28.0. The maximum atomic E-state index is 6.98. The van der Waals surface area contributed by atoms with E-state index in [1.54, 1.807) is 0 Å². The van der Waals surface area contributed by atoms with Gasteiger partial charge < -0.3 is 19.7 Å². The molecule has 2 aliphatic heterocycles. The van der Waals surface area contributed by atoms with Crippen molar-refractivity contribution in [1.29, 1.82) is 0 Å². The van der Waals surface area contributed by atoms with Crippen molar-refractivity contribution >= 4 is 40.3 Å². The van der Waals surface area contributed by atoms with Crippen molar-refractivity contribution in [2.24, 2.45) is 5.92 Å². The number of benzene rings is 2. The Bertz CT molecular complexity index is 1540. The zero-order valence-electron chi connectivity index (χ0n) is 23.6. The molecule has 4 heterocycles. The average Bonchev–Trinajstić information content (AvgIpc) is 3.44. The Kier molecular flexibility index (Phi) is 7.32. The number of rotatable bonds is 5. The molecule has 2 aromatic heterocycles. The summed E-state index contributed by atoms with van der Waals surface area (Å²) in [6.07, 6.45) is 4.24. The largest absolute Gasteiger partial charge is 0.370 e. The minimum atomic E-state index is -0.109. The number of anilines is 2. The van der Waals surface area contributed by atoms with E-state index in [1.165, 1.54) is 41.0 Å². The van der Waals surface area contributed by atoms with Gasteiger partial charge in [-0.2, -0.15) is 0 Å². The Hall–Kier alpha value is -3.35. The van der Waals surface area contributed by atoms with E-state index in [0.717, 1.165) is 41.1 Å². The number of aromatic nitrogens is 2. The SMILES string of the molecule is Cc1cccc(-n2c(C)cc(C3C(c4ccccn4)NC(=S)N3c3ccc(N4CCC(C)CC4)c(Cl)c3)c2C)c1. The highest BCUT2D eigenvalue weighted by atomic mass is 35.5. The molecular formula is C33H36ClN5S. The Morgan fingerprint density at radius 1 is 0.925 bits per heavy atom. The summed E-state index contributed by atoms with van der Waals surface area (Å²) in [5.74, 6) is 0.769. The van der Waals surface area contributed by atoms with Crippen molar-refractivity contribution in [1.82, 2.24) is 14.9 Å². The first-order chi connectivity index (χ1) is 19.3. The lowest BCUT2D eigenvalue weighted by atomic mass is 9.96. The van der Waals surface area contributed by atoms with Crippen LogP contribution in [0.5, 0.6) is 0 Å². The molecule has 0 bridgehead atoms. The Morgan fingerprint density at radius 2 is 1.73 bits per heavy atom. The van der Waals surface area contributed by atoms with Crippen LogP contribution >= 0.6 is 23.8 Å². The normalized spacial score (nSPS) is 19.8. The second kappa shape index (κ2) is 10.9. The Labute approximate surface area is 247 Å². The van der Waals surface area contributed by atoms with E-state index >= 15 is 0 Å². The van der Waals surface area contributed by atoms with E-state index in [1.807, 2.05) is 18.3 Å². The van der Waals surface area contributed by atoms with Gasteiger partial charge in [0.1, 0.15) is 0 Å². The summed E-state index contributed by atoms with van der Waals surface area (Å²) in [7, 11) is 0. The molecule has 1 N–H and O–H groups in total. The summed E-state index contributed by atoms with van der Waals surface area (Å²) in [4.78, 5) is 9.38. The van der Waals surface area contributed by atoms with Crippen LogP contribution in [0.2, 0.25) is 5.02 Å². The Balaban J connectivity index is 1.44. The molecule has 0 aliphatic carbocycles. The minimum Gasteiger partial charge on any atom is -0.370 e. The van der Waals surface area contributed by atoms with E-state index in [0.29, 0.717) is 5.11 Å². The van der Waals surface area contributed by atoms with Crippen LogP contribution in [0.25, 0.3) is 5.69 Å². The third kappa shape index (κ3) is 4.88. The number of piperidine rings is 1. The first-order valence-electron chi connectivity index (χ1n) is 14.1. The van der Waals surface area contributed by atoms with Crippen LogP contribution < -0.4 is 15.1 Å². The number of aryl methyl sites for hydroxylation is 2. The molecule has 7 heteroatoms. The van der Waals surface area contributed by atoms with Crippen LogP contribution in [-0.2, 0) is 0 Å². The fraction of sp³-hybridized carbons (Fsp3) is 0.333.